The van der Waals surface area contributed by atoms with Crippen molar-refractivity contribution in [2.24, 2.45) is 0 Å². The van der Waals surface area contributed by atoms with Gasteiger partial charge in [0.25, 0.3) is 0 Å². The minimum atomic E-state index is -2.48. The van der Waals surface area contributed by atoms with Crippen molar-refractivity contribution in [3.05, 3.63) is 70.8 Å². The van der Waals surface area contributed by atoms with Crippen LogP contribution in [0.2, 0.25) is 0 Å². The number of benzene rings is 2. The van der Waals surface area contributed by atoms with Crippen molar-refractivity contribution in [1.29, 1.82) is 0 Å². The highest BCUT2D eigenvalue weighted by molar-refractivity contribution is 5.58. The van der Waals surface area contributed by atoms with E-state index in [4.69, 9.17) is 6.85 Å². The summed E-state index contributed by atoms with van der Waals surface area (Å²) in [4.78, 5) is 0. The first-order valence-corrected chi connectivity index (χ1v) is 7.70. The van der Waals surface area contributed by atoms with Gasteiger partial charge >= 0.3 is 0 Å². The maximum Gasteiger partial charge on any atom is 0.0428 e. The molecular formula is C20H23N. The molecule has 1 heteroatoms. The Morgan fingerprint density at radius 3 is 2.48 bits per heavy atom. The van der Waals surface area contributed by atoms with Gasteiger partial charge in [0, 0.05) is 18.2 Å². The Labute approximate surface area is 134 Å². The normalized spacial score (nSPS) is 30.3. The average Bonchev–Trinajstić information content (AvgIpc) is 2.59. The first kappa shape index (κ1) is 8.75. The summed E-state index contributed by atoms with van der Waals surface area (Å²) in [5, 5.41) is 2.17. The first-order chi connectivity index (χ1) is 12.2. The van der Waals surface area contributed by atoms with Crippen LogP contribution >= 0.6 is 0 Å². The second-order valence-electron chi connectivity index (χ2n) is 6.15. The number of hydrogen-bond acceptors (Lipinski definition) is 1. The van der Waals surface area contributed by atoms with Gasteiger partial charge in [0.05, 0.1) is 0 Å². The Kier molecular flexibility index (Phi) is 2.08. The maximum atomic E-state index is 8.14. The van der Waals surface area contributed by atoms with Crippen molar-refractivity contribution in [1.82, 2.24) is 5.32 Å². The van der Waals surface area contributed by atoms with Gasteiger partial charge < -0.3 is 5.32 Å². The molecule has 0 saturated carbocycles. The molecule has 0 atom stereocenters. The molecule has 2 aromatic rings. The largest absolute Gasteiger partial charge is 0.320 e. The second-order valence-corrected chi connectivity index (χ2v) is 6.15. The molecule has 21 heavy (non-hydrogen) atoms. The van der Waals surface area contributed by atoms with Crippen LogP contribution in [0.15, 0.2) is 48.5 Å². The van der Waals surface area contributed by atoms with Gasteiger partial charge in [0.2, 0.25) is 0 Å². The second kappa shape index (κ2) is 4.99. The summed E-state index contributed by atoms with van der Waals surface area (Å²) in [6.45, 7) is -4.42. The predicted molar refractivity (Wildman–Crippen MR) is 87.9 cm³/mol. The summed E-state index contributed by atoms with van der Waals surface area (Å²) in [6.07, 6.45) is 2.78. The summed E-state index contributed by atoms with van der Waals surface area (Å²) >= 11 is 0. The van der Waals surface area contributed by atoms with Gasteiger partial charge in [0.15, 0.2) is 0 Å². The monoisotopic (exact) mass is 282 g/mol. The van der Waals surface area contributed by atoms with Crippen LogP contribution in [0.5, 0.6) is 0 Å². The van der Waals surface area contributed by atoms with Crippen molar-refractivity contribution >= 4 is 0 Å². The number of nitrogens with one attached hydrogen (secondary N) is 1. The fourth-order valence-corrected chi connectivity index (χ4v) is 4.49. The summed E-state index contributed by atoms with van der Waals surface area (Å²) in [5.74, 6) is 0.418. The Hall–Kier alpha value is -1.60. The molecule has 2 aromatic carbocycles. The summed E-state index contributed by atoms with van der Waals surface area (Å²) in [5.41, 5.74) is 5.05. The van der Waals surface area contributed by atoms with Crippen LogP contribution in [0.3, 0.4) is 0 Å². The summed E-state index contributed by atoms with van der Waals surface area (Å²) < 4.78 is 38.3. The molecule has 0 heterocycles. The Balaban J connectivity index is 1.73. The molecule has 0 aromatic heterocycles. The molecular weight excluding hydrogens is 254 g/mol. The van der Waals surface area contributed by atoms with E-state index in [2.05, 4.69) is 53.8 Å². The Morgan fingerprint density at radius 1 is 1.14 bits per heavy atom. The third-order valence-corrected chi connectivity index (χ3v) is 5.33. The van der Waals surface area contributed by atoms with Gasteiger partial charge in [-0.3, -0.25) is 0 Å². The predicted octanol–water partition coefficient (Wildman–Crippen LogP) is 4.21. The highest BCUT2D eigenvalue weighted by Gasteiger charge is 2.47. The van der Waals surface area contributed by atoms with E-state index in [0.29, 0.717) is 12.3 Å². The Bertz CT molecular complexity index is 779. The van der Waals surface area contributed by atoms with E-state index >= 15 is 0 Å². The third kappa shape index (κ3) is 1.80. The van der Waals surface area contributed by atoms with E-state index in [-0.39, 0.29) is 11.8 Å². The van der Waals surface area contributed by atoms with Crippen molar-refractivity contribution in [3.63, 3.8) is 0 Å². The molecule has 2 bridgehead atoms. The molecule has 0 amide bonds. The van der Waals surface area contributed by atoms with Gasteiger partial charge in [0.1, 0.15) is 0 Å². The zero-order chi connectivity index (χ0) is 18.6. The lowest BCUT2D eigenvalue weighted by atomic mass is 9.54. The van der Waals surface area contributed by atoms with Crippen LogP contribution in [0, 0.1) is 0 Å². The lowest BCUT2D eigenvalue weighted by Crippen LogP contribution is -2.40. The van der Waals surface area contributed by atoms with Crippen LogP contribution in [0.1, 0.15) is 60.7 Å². The number of fused-ring (bicyclic) bond motifs is 1. The van der Waals surface area contributed by atoms with Crippen LogP contribution in [-0.2, 0) is 5.41 Å². The molecule has 0 saturated heterocycles. The molecule has 1 N–H and O–H groups in total. The molecule has 1 nitrogen and oxygen atoms in total. The molecule has 3 aliphatic carbocycles. The van der Waals surface area contributed by atoms with Crippen molar-refractivity contribution in [2.75, 3.05) is 13.5 Å². The zero-order valence-corrected chi connectivity index (χ0v) is 12.0. The van der Waals surface area contributed by atoms with Crippen LogP contribution in [0.25, 0.3) is 0 Å². The van der Waals surface area contributed by atoms with Crippen molar-refractivity contribution in [2.45, 2.75) is 37.0 Å². The molecule has 0 unspecified atom stereocenters. The topological polar surface area (TPSA) is 12.0 Å². The minimum absolute atomic E-state index is 0.152. The van der Waals surface area contributed by atoms with Crippen LogP contribution in [0.4, 0.5) is 0 Å². The zero-order valence-electron chi connectivity index (χ0n) is 17.0. The van der Waals surface area contributed by atoms with Gasteiger partial charge in [-0.05, 0) is 61.4 Å². The highest BCUT2D eigenvalue weighted by Crippen LogP contribution is 2.57. The molecule has 0 fully saturated rings. The van der Waals surface area contributed by atoms with E-state index < -0.39 is 13.5 Å². The maximum absolute atomic E-state index is 8.14. The summed E-state index contributed by atoms with van der Waals surface area (Å²) in [6, 6.07) is 17.0. The minimum Gasteiger partial charge on any atom is -0.320 e. The van der Waals surface area contributed by atoms with E-state index in [1.54, 1.807) is 0 Å². The lowest BCUT2D eigenvalue weighted by Gasteiger charge is -2.50. The standard InChI is InChI=1S/C20H23N/c1-21-14-6-12-20-13-11-15(16-7-2-4-9-18(16)20)17-8-3-5-10-19(17)20/h2-5,7-10,15,21H,6,11-14H2,1H3/i1D3,14D2. The fourth-order valence-electron chi connectivity index (χ4n) is 4.49. The van der Waals surface area contributed by atoms with E-state index in [0.717, 1.165) is 12.8 Å². The summed E-state index contributed by atoms with van der Waals surface area (Å²) in [7, 11) is 0. The van der Waals surface area contributed by atoms with Gasteiger partial charge in [-0.15, -0.1) is 0 Å². The van der Waals surface area contributed by atoms with Gasteiger partial charge in [-0.25, -0.2) is 0 Å². The van der Waals surface area contributed by atoms with Crippen molar-refractivity contribution in [3.8, 4) is 0 Å². The highest BCUT2D eigenvalue weighted by atomic mass is 14.8. The molecule has 5 rings (SSSR count). The smallest absolute Gasteiger partial charge is 0.0428 e. The van der Waals surface area contributed by atoms with Gasteiger partial charge in [-0.2, -0.15) is 0 Å². The molecule has 0 spiro atoms. The first-order valence-electron chi connectivity index (χ1n) is 10.2. The third-order valence-electron chi connectivity index (χ3n) is 5.33. The fraction of sp³-hybridized carbons (Fsp3) is 0.400. The van der Waals surface area contributed by atoms with Gasteiger partial charge in [-0.1, -0.05) is 48.5 Å². The van der Waals surface area contributed by atoms with E-state index in [1.807, 2.05) is 0 Å². The Morgan fingerprint density at radius 2 is 1.81 bits per heavy atom. The number of rotatable bonds is 4. The molecule has 0 radical (unpaired) electrons. The molecule has 3 aliphatic rings. The molecule has 108 valence electrons. The average molecular weight is 282 g/mol. The van der Waals surface area contributed by atoms with Crippen molar-refractivity contribution < 1.29 is 6.85 Å². The molecule has 0 aliphatic heterocycles. The SMILES string of the molecule is [2H]C([2H])([2H])NC([2H])([2H])CCC12CCC(c3ccccc31)c1ccccc12. The lowest BCUT2D eigenvalue weighted by molar-refractivity contribution is 0.341. The van der Waals surface area contributed by atoms with Crippen LogP contribution < -0.4 is 5.32 Å². The van der Waals surface area contributed by atoms with E-state index in [9.17, 15) is 0 Å². The quantitative estimate of drug-likeness (QED) is 0.885. The number of hydrogen-bond donors (Lipinski definition) is 1. The van der Waals surface area contributed by atoms with E-state index in [1.165, 1.54) is 22.3 Å². The van der Waals surface area contributed by atoms with Crippen LogP contribution in [-0.4, -0.2) is 13.5 Å².